The van der Waals surface area contributed by atoms with Crippen molar-refractivity contribution in [2.45, 2.75) is 23.7 Å². The summed E-state index contributed by atoms with van der Waals surface area (Å²) >= 11 is 7.00. The summed E-state index contributed by atoms with van der Waals surface area (Å²) in [6.45, 7) is 0.0549. The minimum atomic E-state index is -3.52. The minimum Gasteiger partial charge on any atom is -0.456 e. The van der Waals surface area contributed by atoms with Gasteiger partial charge in [0.05, 0.1) is 0 Å². The quantitative estimate of drug-likeness (QED) is 0.454. The molecule has 0 aliphatic carbocycles. The van der Waals surface area contributed by atoms with Gasteiger partial charge in [0, 0.05) is 30.6 Å². The van der Waals surface area contributed by atoms with Crippen molar-refractivity contribution >= 4 is 38.9 Å². The molecule has 8 nitrogen and oxygen atoms in total. The van der Waals surface area contributed by atoms with Gasteiger partial charge in [-0.05, 0) is 42.1 Å². The van der Waals surface area contributed by atoms with Gasteiger partial charge in [0.25, 0.3) is 15.9 Å². The second kappa shape index (κ2) is 9.49. The first-order chi connectivity index (χ1) is 13.9. The standard InChI is InChI=1S/C18H18ClN3O5S2/c1-22(29(24,25)17-5-3-11-28-17)10-2-4-16(23)26-12-15-20-18(21-27-15)13-6-8-14(19)9-7-13/h3,5-9,11H,2,4,10,12H2,1H3. The first kappa shape index (κ1) is 21.4. The Hall–Kier alpha value is -2.27. The number of nitrogens with zero attached hydrogens (tertiary/aromatic N) is 3. The second-order valence-corrected chi connectivity index (χ2v) is 9.70. The van der Waals surface area contributed by atoms with Crippen LogP contribution < -0.4 is 0 Å². The Balaban J connectivity index is 1.43. The van der Waals surface area contributed by atoms with Crippen LogP contribution >= 0.6 is 22.9 Å². The number of carbonyl (C=O) groups is 1. The zero-order valence-electron chi connectivity index (χ0n) is 15.4. The molecule has 1 aromatic carbocycles. The van der Waals surface area contributed by atoms with Gasteiger partial charge in [0.1, 0.15) is 4.21 Å². The summed E-state index contributed by atoms with van der Waals surface area (Å²) in [7, 11) is -2.03. The molecule has 11 heteroatoms. The molecular weight excluding hydrogens is 438 g/mol. The van der Waals surface area contributed by atoms with E-state index < -0.39 is 16.0 Å². The molecule has 0 fully saturated rings. The molecule has 0 spiro atoms. The molecule has 0 aliphatic rings. The van der Waals surface area contributed by atoms with Crippen molar-refractivity contribution in [3.05, 3.63) is 52.7 Å². The highest BCUT2D eigenvalue weighted by Gasteiger charge is 2.21. The third kappa shape index (κ3) is 5.63. The van der Waals surface area contributed by atoms with Gasteiger partial charge in [-0.15, -0.1) is 11.3 Å². The van der Waals surface area contributed by atoms with E-state index in [1.54, 1.807) is 41.8 Å². The predicted molar refractivity (Wildman–Crippen MR) is 108 cm³/mol. The van der Waals surface area contributed by atoms with Gasteiger partial charge >= 0.3 is 5.97 Å². The minimum absolute atomic E-state index is 0.0719. The lowest BCUT2D eigenvalue weighted by atomic mass is 10.2. The van der Waals surface area contributed by atoms with Crippen molar-refractivity contribution in [3.8, 4) is 11.4 Å². The third-order valence-electron chi connectivity index (χ3n) is 3.94. The zero-order valence-corrected chi connectivity index (χ0v) is 17.8. The molecule has 2 heterocycles. The Morgan fingerprint density at radius 3 is 2.72 bits per heavy atom. The molecule has 0 radical (unpaired) electrons. The van der Waals surface area contributed by atoms with Crippen LogP contribution in [-0.4, -0.2) is 42.4 Å². The van der Waals surface area contributed by atoms with Crippen LogP contribution in [-0.2, 0) is 26.2 Å². The molecule has 0 aliphatic heterocycles. The van der Waals surface area contributed by atoms with Crippen LogP contribution in [0.2, 0.25) is 5.02 Å². The lowest BCUT2D eigenvalue weighted by Gasteiger charge is -2.15. The fourth-order valence-electron chi connectivity index (χ4n) is 2.37. The van der Waals surface area contributed by atoms with E-state index in [0.717, 1.165) is 16.9 Å². The molecule has 154 valence electrons. The average molecular weight is 456 g/mol. The number of benzene rings is 1. The Morgan fingerprint density at radius 2 is 2.03 bits per heavy atom. The van der Waals surface area contributed by atoms with Crippen LogP contribution in [0.5, 0.6) is 0 Å². The molecule has 0 bridgehead atoms. The molecule has 3 aromatic rings. The van der Waals surface area contributed by atoms with E-state index in [1.165, 1.54) is 11.4 Å². The maximum Gasteiger partial charge on any atom is 0.306 e. The second-order valence-electron chi connectivity index (χ2n) is 6.04. The Kier molecular flexibility index (Phi) is 7.01. The SMILES string of the molecule is CN(CCCC(=O)OCc1nc(-c2ccc(Cl)cc2)no1)S(=O)(=O)c1cccs1. The van der Waals surface area contributed by atoms with Crippen molar-refractivity contribution < 1.29 is 22.5 Å². The van der Waals surface area contributed by atoms with Crippen LogP contribution in [0.25, 0.3) is 11.4 Å². The molecule has 0 saturated carbocycles. The number of hydrogen-bond acceptors (Lipinski definition) is 8. The summed E-state index contributed by atoms with van der Waals surface area (Å²) in [5.74, 6) is 0.0620. The molecule has 0 unspecified atom stereocenters. The molecule has 0 N–H and O–H groups in total. The summed E-state index contributed by atoms with van der Waals surface area (Å²) in [4.78, 5) is 16.1. The van der Waals surface area contributed by atoms with Crippen LogP contribution in [0.15, 0.2) is 50.5 Å². The van der Waals surface area contributed by atoms with E-state index in [2.05, 4.69) is 10.1 Å². The number of sulfonamides is 1. The van der Waals surface area contributed by atoms with E-state index in [9.17, 15) is 13.2 Å². The number of hydrogen-bond donors (Lipinski definition) is 0. The maximum atomic E-state index is 12.3. The predicted octanol–water partition coefficient (Wildman–Crippen LogP) is 3.60. The maximum absolute atomic E-state index is 12.3. The number of rotatable bonds is 9. The van der Waals surface area contributed by atoms with Gasteiger partial charge in [0.2, 0.25) is 5.82 Å². The van der Waals surface area contributed by atoms with Gasteiger partial charge in [-0.3, -0.25) is 4.79 Å². The molecule has 3 rings (SSSR count). The van der Waals surface area contributed by atoms with Gasteiger partial charge in [-0.25, -0.2) is 12.7 Å². The van der Waals surface area contributed by atoms with Crippen molar-refractivity contribution in [2.75, 3.05) is 13.6 Å². The van der Waals surface area contributed by atoms with E-state index in [1.807, 2.05) is 0 Å². The van der Waals surface area contributed by atoms with Crippen molar-refractivity contribution in [1.29, 1.82) is 0 Å². The molecule has 29 heavy (non-hydrogen) atoms. The van der Waals surface area contributed by atoms with Crippen molar-refractivity contribution in [1.82, 2.24) is 14.4 Å². The highest BCUT2D eigenvalue weighted by Crippen LogP contribution is 2.20. The topological polar surface area (TPSA) is 103 Å². The fourth-order valence-corrected chi connectivity index (χ4v) is 4.91. The summed E-state index contributed by atoms with van der Waals surface area (Å²) in [5.41, 5.74) is 0.728. The summed E-state index contributed by atoms with van der Waals surface area (Å²) < 4.78 is 36.3. The average Bonchev–Trinajstić information content (AvgIpc) is 3.39. The van der Waals surface area contributed by atoms with Crippen LogP contribution in [0.1, 0.15) is 18.7 Å². The van der Waals surface area contributed by atoms with Crippen LogP contribution in [0.4, 0.5) is 0 Å². The third-order valence-corrected chi connectivity index (χ3v) is 7.42. The van der Waals surface area contributed by atoms with Gasteiger partial charge in [-0.1, -0.05) is 22.8 Å². The summed E-state index contributed by atoms with van der Waals surface area (Å²) in [6, 6.07) is 10.2. The molecule has 0 atom stereocenters. The van der Waals surface area contributed by atoms with E-state index in [0.29, 0.717) is 17.3 Å². The zero-order chi connectivity index (χ0) is 20.9. The molecular formula is C18H18ClN3O5S2. The van der Waals surface area contributed by atoms with Crippen LogP contribution in [0, 0.1) is 0 Å². The number of aromatic nitrogens is 2. The Labute approximate surface area is 177 Å². The molecule has 2 aromatic heterocycles. The largest absolute Gasteiger partial charge is 0.456 e. The number of thiophene rings is 1. The number of esters is 1. The lowest BCUT2D eigenvalue weighted by Crippen LogP contribution is -2.27. The molecule has 0 saturated heterocycles. The number of carbonyl (C=O) groups excluding carboxylic acids is 1. The van der Waals surface area contributed by atoms with Crippen molar-refractivity contribution in [2.24, 2.45) is 0 Å². The highest BCUT2D eigenvalue weighted by atomic mass is 35.5. The van der Waals surface area contributed by atoms with Crippen LogP contribution in [0.3, 0.4) is 0 Å². The lowest BCUT2D eigenvalue weighted by molar-refractivity contribution is -0.145. The van der Waals surface area contributed by atoms with Gasteiger partial charge < -0.3 is 9.26 Å². The number of ether oxygens (including phenoxy) is 1. The monoisotopic (exact) mass is 455 g/mol. The highest BCUT2D eigenvalue weighted by molar-refractivity contribution is 7.91. The summed E-state index contributed by atoms with van der Waals surface area (Å²) in [6.07, 6.45) is 0.405. The van der Waals surface area contributed by atoms with Gasteiger partial charge in [0.15, 0.2) is 6.61 Å². The van der Waals surface area contributed by atoms with Crippen molar-refractivity contribution in [3.63, 3.8) is 0 Å². The first-order valence-corrected chi connectivity index (χ1v) is 11.3. The van der Waals surface area contributed by atoms with E-state index >= 15 is 0 Å². The first-order valence-electron chi connectivity index (χ1n) is 8.60. The van der Waals surface area contributed by atoms with E-state index in [-0.39, 0.29) is 29.7 Å². The Morgan fingerprint density at radius 1 is 1.28 bits per heavy atom. The Bertz CT molecular complexity index is 1050. The molecule has 0 amide bonds. The van der Waals surface area contributed by atoms with E-state index in [4.69, 9.17) is 20.9 Å². The smallest absolute Gasteiger partial charge is 0.306 e. The fraction of sp³-hybridized carbons (Fsp3) is 0.278. The summed E-state index contributed by atoms with van der Waals surface area (Å²) in [5, 5.41) is 6.14. The van der Waals surface area contributed by atoms with Gasteiger partial charge in [-0.2, -0.15) is 4.98 Å². The number of halogens is 1. The normalized spacial score (nSPS) is 11.7.